The molecule has 0 spiro atoms. The van der Waals surface area contributed by atoms with Gasteiger partial charge in [0.2, 0.25) is 11.0 Å². The lowest BCUT2D eigenvalue weighted by Gasteiger charge is -2.01. The van der Waals surface area contributed by atoms with Crippen molar-refractivity contribution in [3.8, 4) is 0 Å². The minimum absolute atomic E-state index is 0.287. The fourth-order valence-corrected chi connectivity index (χ4v) is 2.55. The smallest absolute Gasteiger partial charge is 0.230 e. The molecular weight excluding hydrogens is 232 g/mol. The van der Waals surface area contributed by atoms with E-state index >= 15 is 0 Å². The molecule has 0 aliphatic rings. The lowest BCUT2D eigenvalue weighted by Crippen LogP contribution is -2.22. The molecule has 1 aromatic rings. The standard InChI is InChI=1S/C8H12N4OS2/c1-3-4-10-7-11-12-8(15-7)14-5(2)6(9)13/h3,5H,1,4H2,2H3,(H2,9,13)(H,10,11)/t5-/m0/s1. The number of rotatable bonds is 6. The Morgan fingerprint density at radius 3 is 3.13 bits per heavy atom. The van der Waals surface area contributed by atoms with E-state index in [1.165, 1.54) is 23.1 Å². The monoisotopic (exact) mass is 244 g/mol. The number of nitrogens with zero attached hydrogens (tertiary/aromatic N) is 2. The number of nitrogens with one attached hydrogen (secondary N) is 1. The first-order valence-electron chi connectivity index (χ1n) is 4.27. The second-order valence-corrected chi connectivity index (χ2v) is 5.27. The van der Waals surface area contributed by atoms with E-state index in [-0.39, 0.29) is 11.2 Å². The van der Waals surface area contributed by atoms with E-state index in [0.717, 1.165) is 4.34 Å². The molecule has 0 aromatic carbocycles. The van der Waals surface area contributed by atoms with E-state index in [0.29, 0.717) is 11.7 Å². The van der Waals surface area contributed by atoms with Crippen molar-refractivity contribution in [2.45, 2.75) is 16.5 Å². The first-order valence-corrected chi connectivity index (χ1v) is 5.97. The van der Waals surface area contributed by atoms with Gasteiger partial charge in [-0.2, -0.15) is 0 Å². The minimum atomic E-state index is -0.351. The maximum Gasteiger partial charge on any atom is 0.230 e. The summed E-state index contributed by atoms with van der Waals surface area (Å²) in [5.41, 5.74) is 5.14. The van der Waals surface area contributed by atoms with E-state index in [2.05, 4.69) is 22.1 Å². The summed E-state index contributed by atoms with van der Waals surface area (Å²) < 4.78 is 0.730. The largest absolute Gasteiger partial charge is 0.369 e. The third kappa shape index (κ3) is 3.88. The summed E-state index contributed by atoms with van der Waals surface area (Å²) in [5, 5.41) is 11.3. The fourth-order valence-electron chi connectivity index (χ4n) is 0.698. The van der Waals surface area contributed by atoms with Gasteiger partial charge in [0.05, 0.1) is 5.25 Å². The number of amides is 1. The summed E-state index contributed by atoms with van der Waals surface area (Å²) in [4.78, 5) is 10.8. The molecule has 0 aliphatic heterocycles. The van der Waals surface area contributed by atoms with Gasteiger partial charge in [0.15, 0.2) is 4.34 Å². The van der Waals surface area contributed by atoms with E-state index in [1.54, 1.807) is 13.0 Å². The third-order valence-corrected chi connectivity index (χ3v) is 3.57. The molecule has 1 aromatic heterocycles. The number of primary amides is 1. The van der Waals surface area contributed by atoms with Crippen molar-refractivity contribution < 1.29 is 4.79 Å². The number of thioether (sulfide) groups is 1. The normalized spacial score (nSPS) is 12.1. The topological polar surface area (TPSA) is 80.9 Å². The van der Waals surface area contributed by atoms with Gasteiger partial charge in [-0.25, -0.2) is 0 Å². The Bertz CT molecular complexity index is 352. The number of nitrogens with two attached hydrogens (primary N) is 1. The molecular formula is C8H12N4OS2. The SMILES string of the molecule is C=CCNc1nnc(S[C@@H](C)C(N)=O)s1. The van der Waals surface area contributed by atoms with Crippen molar-refractivity contribution in [2.24, 2.45) is 5.73 Å². The molecule has 1 atom stereocenters. The number of carbonyl (C=O) groups is 1. The van der Waals surface area contributed by atoms with Gasteiger partial charge >= 0.3 is 0 Å². The zero-order chi connectivity index (χ0) is 11.3. The van der Waals surface area contributed by atoms with Crippen molar-refractivity contribution in [1.82, 2.24) is 10.2 Å². The number of hydrogen-bond acceptors (Lipinski definition) is 6. The van der Waals surface area contributed by atoms with Crippen LogP contribution in [0.2, 0.25) is 0 Å². The second-order valence-electron chi connectivity index (χ2n) is 2.71. The Balaban J connectivity index is 2.52. The highest BCUT2D eigenvalue weighted by Crippen LogP contribution is 2.28. The van der Waals surface area contributed by atoms with Crippen LogP contribution in [0.15, 0.2) is 17.0 Å². The Morgan fingerprint density at radius 2 is 2.53 bits per heavy atom. The van der Waals surface area contributed by atoms with E-state index in [9.17, 15) is 4.79 Å². The maximum absolute atomic E-state index is 10.8. The molecule has 1 amide bonds. The molecule has 0 fully saturated rings. The van der Waals surface area contributed by atoms with Crippen LogP contribution in [-0.2, 0) is 4.79 Å². The van der Waals surface area contributed by atoms with Crippen LogP contribution in [0, 0.1) is 0 Å². The zero-order valence-corrected chi connectivity index (χ0v) is 9.90. The highest BCUT2D eigenvalue weighted by molar-refractivity contribution is 8.02. The van der Waals surface area contributed by atoms with Gasteiger partial charge in [0, 0.05) is 6.54 Å². The molecule has 7 heteroatoms. The van der Waals surface area contributed by atoms with Crippen LogP contribution in [0.4, 0.5) is 5.13 Å². The molecule has 0 bridgehead atoms. The van der Waals surface area contributed by atoms with Gasteiger partial charge in [-0.05, 0) is 6.92 Å². The van der Waals surface area contributed by atoms with Crippen LogP contribution in [0.5, 0.6) is 0 Å². The van der Waals surface area contributed by atoms with Crippen LogP contribution in [-0.4, -0.2) is 27.9 Å². The first kappa shape index (κ1) is 12.0. The number of hydrogen-bond donors (Lipinski definition) is 2. The molecule has 3 N–H and O–H groups in total. The third-order valence-electron chi connectivity index (χ3n) is 1.48. The van der Waals surface area contributed by atoms with Crippen LogP contribution < -0.4 is 11.1 Å². The average Bonchev–Trinajstić information content (AvgIpc) is 2.62. The molecule has 0 saturated carbocycles. The molecule has 0 radical (unpaired) electrons. The van der Waals surface area contributed by atoms with Gasteiger partial charge in [0.25, 0.3) is 0 Å². The van der Waals surface area contributed by atoms with E-state index in [4.69, 9.17) is 5.73 Å². The van der Waals surface area contributed by atoms with Crippen LogP contribution in [0.25, 0.3) is 0 Å². The van der Waals surface area contributed by atoms with E-state index in [1.807, 2.05) is 0 Å². The highest BCUT2D eigenvalue weighted by Gasteiger charge is 2.13. The predicted octanol–water partition coefficient (Wildman–Crippen LogP) is 1.10. The molecule has 1 rings (SSSR count). The second kappa shape index (κ2) is 5.72. The van der Waals surface area contributed by atoms with Crippen molar-refractivity contribution in [3.63, 3.8) is 0 Å². The molecule has 1 heterocycles. The summed E-state index contributed by atoms with van der Waals surface area (Å²) in [6.07, 6.45) is 1.74. The quantitative estimate of drug-likeness (QED) is 0.578. The van der Waals surface area contributed by atoms with Crippen molar-refractivity contribution in [1.29, 1.82) is 0 Å². The first-order chi connectivity index (χ1) is 7.13. The van der Waals surface area contributed by atoms with Crippen molar-refractivity contribution >= 4 is 34.1 Å². The van der Waals surface area contributed by atoms with E-state index < -0.39 is 0 Å². The lowest BCUT2D eigenvalue weighted by molar-refractivity contribution is -0.117. The van der Waals surface area contributed by atoms with Crippen LogP contribution in [0.1, 0.15) is 6.92 Å². The molecule has 15 heavy (non-hydrogen) atoms. The predicted molar refractivity (Wildman–Crippen MR) is 63.1 cm³/mol. The van der Waals surface area contributed by atoms with Gasteiger partial charge in [0.1, 0.15) is 0 Å². The summed E-state index contributed by atoms with van der Waals surface area (Å²) in [7, 11) is 0. The van der Waals surface area contributed by atoms with Crippen LogP contribution >= 0.6 is 23.1 Å². The summed E-state index contributed by atoms with van der Waals surface area (Å²) in [6.45, 7) is 5.97. The average molecular weight is 244 g/mol. The molecule has 0 aliphatic carbocycles. The Kier molecular flexibility index (Phi) is 4.57. The van der Waals surface area contributed by atoms with Gasteiger partial charge in [-0.1, -0.05) is 29.2 Å². The van der Waals surface area contributed by atoms with Crippen molar-refractivity contribution in [2.75, 3.05) is 11.9 Å². The summed E-state index contributed by atoms with van der Waals surface area (Å²) in [6, 6.07) is 0. The number of carbonyl (C=O) groups excluding carboxylic acids is 1. The molecule has 0 saturated heterocycles. The maximum atomic E-state index is 10.8. The Hall–Kier alpha value is -1.08. The summed E-state index contributed by atoms with van der Waals surface area (Å²) >= 11 is 2.70. The summed E-state index contributed by atoms with van der Waals surface area (Å²) in [5.74, 6) is -0.351. The zero-order valence-electron chi connectivity index (χ0n) is 8.27. The minimum Gasteiger partial charge on any atom is -0.369 e. The van der Waals surface area contributed by atoms with Gasteiger partial charge in [-0.15, -0.1) is 16.8 Å². The fraction of sp³-hybridized carbons (Fsp3) is 0.375. The number of anilines is 1. The molecule has 0 unspecified atom stereocenters. The Morgan fingerprint density at radius 1 is 1.80 bits per heavy atom. The lowest BCUT2D eigenvalue weighted by atomic mass is 10.5. The van der Waals surface area contributed by atoms with Crippen molar-refractivity contribution in [3.05, 3.63) is 12.7 Å². The Labute approximate surface area is 96.2 Å². The van der Waals surface area contributed by atoms with Crippen LogP contribution in [0.3, 0.4) is 0 Å². The van der Waals surface area contributed by atoms with Gasteiger partial charge in [-0.3, -0.25) is 4.79 Å². The van der Waals surface area contributed by atoms with Gasteiger partial charge < -0.3 is 11.1 Å². The number of aromatic nitrogens is 2. The molecule has 5 nitrogen and oxygen atoms in total. The highest BCUT2D eigenvalue weighted by atomic mass is 32.2. The molecule has 82 valence electrons.